The Hall–Kier alpha value is -1.42. The molecule has 4 heteroatoms. The van der Waals surface area contributed by atoms with Gasteiger partial charge in [-0.25, -0.2) is 4.39 Å². The van der Waals surface area contributed by atoms with E-state index in [0.717, 1.165) is 25.8 Å². The summed E-state index contributed by atoms with van der Waals surface area (Å²) >= 11 is 0. The van der Waals surface area contributed by atoms with E-state index >= 15 is 0 Å². The minimum atomic E-state index is -0.344. The third-order valence-corrected chi connectivity index (χ3v) is 3.33. The van der Waals surface area contributed by atoms with Gasteiger partial charge in [-0.3, -0.25) is 4.79 Å². The molecule has 1 saturated heterocycles. The predicted molar refractivity (Wildman–Crippen MR) is 70.1 cm³/mol. The van der Waals surface area contributed by atoms with Crippen LogP contribution >= 0.6 is 0 Å². The molecule has 0 saturated carbocycles. The average Bonchev–Trinajstić information content (AvgIpc) is 2.42. The van der Waals surface area contributed by atoms with E-state index in [1.54, 1.807) is 18.2 Å². The molecule has 2 rings (SSSR count). The molecule has 1 aromatic carbocycles. The summed E-state index contributed by atoms with van der Waals surface area (Å²) in [5, 5.41) is 3.21. The van der Waals surface area contributed by atoms with Crippen LogP contribution in [0.5, 0.6) is 0 Å². The Morgan fingerprint density at radius 2 is 2.22 bits per heavy atom. The van der Waals surface area contributed by atoms with E-state index < -0.39 is 0 Å². The first-order valence-electron chi connectivity index (χ1n) is 6.53. The van der Waals surface area contributed by atoms with Gasteiger partial charge in [0.1, 0.15) is 5.82 Å². The zero-order valence-corrected chi connectivity index (χ0v) is 10.7. The van der Waals surface area contributed by atoms with Crippen LogP contribution in [0.25, 0.3) is 0 Å². The minimum Gasteiger partial charge on any atom is -0.309 e. The number of nitrogens with one attached hydrogen (secondary N) is 1. The smallest absolute Gasteiger partial charge is 0.244 e. The molecule has 0 aromatic heterocycles. The molecule has 0 aliphatic carbocycles. The molecule has 0 spiro atoms. The number of rotatable bonds is 3. The second-order valence-corrected chi connectivity index (χ2v) is 4.54. The lowest BCUT2D eigenvalue weighted by Crippen LogP contribution is -2.49. The van der Waals surface area contributed by atoms with Crippen LogP contribution in [0.15, 0.2) is 24.3 Å². The van der Waals surface area contributed by atoms with Gasteiger partial charge in [0.05, 0.1) is 11.7 Å². The summed E-state index contributed by atoms with van der Waals surface area (Å²) in [7, 11) is 0. The highest BCUT2D eigenvalue weighted by atomic mass is 19.1. The minimum absolute atomic E-state index is 0.0256. The summed E-state index contributed by atoms with van der Waals surface area (Å²) in [6.45, 7) is 3.22. The highest BCUT2D eigenvalue weighted by Crippen LogP contribution is 2.21. The second kappa shape index (κ2) is 5.96. The number of amides is 1. The van der Waals surface area contributed by atoms with Crippen LogP contribution in [0.4, 0.5) is 10.1 Å². The molecule has 18 heavy (non-hydrogen) atoms. The van der Waals surface area contributed by atoms with Crippen molar-refractivity contribution in [1.82, 2.24) is 5.32 Å². The summed E-state index contributed by atoms with van der Waals surface area (Å²) in [6.07, 6.45) is 3.00. The maximum absolute atomic E-state index is 13.7. The molecule has 0 bridgehead atoms. The molecular weight excluding hydrogens is 231 g/mol. The SMILES string of the molecule is CCN(C(=O)[C@H]1CCCCN1)c1ccccc1F. The number of hydrogen-bond donors (Lipinski definition) is 1. The molecule has 0 unspecified atom stereocenters. The van der Waals surface area contributed by atoms with Crippen molar-refractivity contribution < 1.29 is 9.18 Å². The summed E-state index contributed by atoms with van der Waals surface area (Å²) in [6, 6.07) is 6.26. The molecule has 1 aliphatic rings. The van der Waals surface area contributed by atoms with Crippen molar-refractivity contribution in [3.8, 4) is 0 Å². The fourth-order valence-corrected chi connectivity index (χ4v) is 2.37. The first-order valence-corrected chi connectivity index (χ1v) is 6.53. The fourth-order valence-electron chi connectivity index (χ4n) is 2.37. The van der Waals surface area contributed by atoms with E-state index in [4.69, 9.17) is 0 Å². The Bertz CT molecular complexity index is 416. The van der Waals surface area contributed by atoms with Crippen molar-refractivity contribution in [3.63, 3.8) is 0 Å². The van der Waals surface area contributed by atoms with E-state index in [-0.39, 0.29) is 17.8 Å². The molecule has 1 aromatic rings. The van der Waals surface area contributed by atoms with Gasteiger partial charge in [0.2, 0.25) is 5.91 Å². The molecule has 3 nitrogen and oxygen atoms in total. The Labute approximate surface area is 107 Å². The number of piperidine rings is 1. The quantitative estimate of drug-likeness (QED) is 0.893. The van der Waals surface area contributed by atoms with E-state index in [1.165, 1.54) is 11.0 Å². The maximum Gasteiger partial charge on any atom is 0.244 e. The maximum atomic E-state index is 13.7. The summed E-state index contributed by atoms with van der Waals surface area (Å²) < 4.78 is 13.7. The Balaban J connectivity index is 2.17. The van der Waals surface area contributed by atoms with Gasteiger partial charge < -0.3 is 10.2 Å². The normalized spacial score (nSPS) is 19.6. The molecule has 1 fully saturated rings. The summed E-state index contributed by atoms with van der Waals surface area (Å²) in [5.41, 5.74) is 0.373. The number of carbonyl (C=O) groups is 1. The number of hydrogen-bond acceptors (Lipinski definition) is 2. The van der Waals surface area contributed by atoms with Gasteiger partial charge in [-0.2, -0.15) is 0 Å². The fraction of sp³-hybridized carbons (Fsp3) is 0.500. The number of halogens is 1. The average molecular weight is 250 g/mol. The van der Waals surface area contributed by atoms with Crippen LogP contribution in [0.2, 0.25) is 0 Å². The number of benzene rings is 1. The molecule has 1 aliphatic heterocycles. The predicted octanol–water partition coefficient (Wildman–Crippen LogP) is 2.32. The van der Waals surface area contributed by atoms with Gasteiger partial charge in [-0.1, -0.05) is 18.6 Å². The molecule has 1 amide bonds. The van der Waals surface area contributed by atoms with Crippen LogP contribution < -0.4 is 10.2 Å². The topological polar surface area (TPSA) is 32.3 Å². The van der Waals surface area contributed by atoms with Crippen LogP contribution in [0, 0.1) is 5.82 Å². The first-order chi connectivity index (χ1) is 8.74. The molecule has 1 N–H and O–H groups in total. The van der Waals surface area contributed by atoms with Crippen molar-refractivity contribution in [1.29, 1.82) is 0 Å². The van der Waals surface area contributed by atoms with Gasteiger partial charge in [-0.05, 0) is 38.4 Å². The van der Waals surface area contributed by atoms with Crippen LogP contribution in [-0.4, -0.2) is 25.0 Å². The van der Waals surface area contributed by atoms with Crippen molar-refractivity contribution in [2.45, 2.75) is 32.2 Å². The Morgan fingerprint density at radius 3 is 2.83 bits per heavy atom. The lowest BCUT2D eigenvalue weighted by atomic mass is 10.0. The highest BCUT2D eigenvalue weighted by Gasteiger charge is 2.26. The largest absolute Gasteiger partial charge is 0.309 e. The number of carbonyl (C=O) groups excluding carboxylic acids is 1. The van der Waals surface area contributed by atoms with Gasteiger partial charge in [0.25, 0.3) is 0 Å². The number of nitrogens with zero attached hydrogens (tertiary/aromatic N) is 1. The summed E-state index contributed by atoms with van der Waals surface area (Å²) in [4.78, 5) is 13.9. The third kappa shape index (κ3) is 2.70. The number of para-hydroxylation sites is 1. The third-order valence-electron chi connectivity index (χ3n) is 3.33. The van der Waals surface area contributed by atoms with Crippen molar-refractivity contribution in [2.75, 3.05) is 18.0 Å². The van der Waals surface area contributed by atoms with Crippen LogP contribution in [-0.2, 0) is 4.79 Å². The number of anilines is 1. The van der Waals surface area contributed by atoms with E-state index in [1.807, 2.05) is 6.92 Å². The van der Waals surface area contributed by atoms with Gasteiger partial charge in [0, 0.05) is 6.54 Å². The van der Waals surface area contributed by atoms with Gasteiger partial charge in [0.15, 0.2) is 0 Å². The van der Waals surface area contributed by atoms with Crippen LogP contribution in [0.1, 0.15) is 26.2 Å². The molecule has 1 atom stereocenters. The number of likely N-dealkylation sites (N-methyl/N-ethyl adjacent to an activating group) is 1. The zero-order valence-electron chi connectivity index (χ0n) is 10.7. The molecular formula is C14H19FN2O. The monoisotopic (exact) mass is 250 g/mol. The molecule has 98 valence electrons. The second-order valence-electron chi connectivity index (χ2n) is 4.54. The lowest BCUT2D eigenvalue weighted by molar-refractivity contribution is -0.121. The van der Waals surface area contributed by atoms with Crippen molar-refractivity contribution in [2.24, 2.45) is 0 Å². The van der Waals surface area contributed by atoms with Crippen LogP contribution in [0.3, 0.4) is 0 Å². The zero-order chi connectivity index (χ0) is 13.0. The Kier molecular flexibility index (Phi) is 4.31. The highest BCUT2D eigenvalue weighted by molar-refractivity contribution is 5.97. The Morgan fingerprint density at radius 1 is 1.44 bits per heavy atom. The van der Waals surface area contributed by atoms with E-state index in [0.29, 0.717) is 12.2 Å². The molecule has 0 radical (unpaired) electrons. The van der Waals surface area contributed by atoms with E-state index in [9.17, 15) is 9.18 Å². The van der Waals surface area contributed by atoms with E-state index in [2.05, 4.69) is 5.32 Å². The van der Waals surface area contributed by atoms with Crippen molar-refractivity contribution >= 4 is 11.6 Å². The van der Waals surface area contributed by atoms with Gasteiger partial charge in [-0.15, -0.1) is 0 Å². The lowest BCUT2D eigenvalue weighted by Gasteiger charge is -2.29. The standard InChI is InChI=1S/C14H19FN2O/c1-2-17(13-9-4-3-7-11(13)15)14(18)12-8-5-6-10-16-12/h3-4,7,9,12,16H,2,5-6,8,10H2,1H3/t12-/m1/s1. The first kappa shape index (κ1) is 13.0. The van der Waals surface area contributed by atoms with Gasteiger partial charge >= 0.3 is 0 Å². The molecule has 1 heterocycles. The van der Waals surface area contributed by atoms with Crippen molar-refractivity contribution in [3.05, 3.63) is 30.1 Å². The summed E-state index contributed by atoms with van der Waals surface area (Å²) in [5.74, 6) is -0.370.